The second-order valence-corrected chi connectivity index (χ2v) is 7.67. The van der Waals surface area contributed by atoms with Gasteiger partial charge in [0.05, 0.1) is 6.10 Å². The Labute approximate surface area is 127 Å². The molecule has 0 aromatic carbocycles. The Hall–Kier alpha value is -0.0400. The van der Waals surface area contributed by atoms with Crippen molar-refractivity contribution in [1.29, 1.82) is 0 Å². The van der Waals surface area contributed by atoms with Gasteiger partial charge in [0.1, 0.15) is 0 Å². The van der Waals surface area contributed by atoms with E-state index in [1.54, 1.807) is 0 Å². The number of hydrogen-bond acceptors (Lipinski definition) is 1. The van der Waals surface area contributed by atoms with Crippen molar-refractivity contribution in [2.75, 3.05) is 0 Å². The first-order valence-corrected chi connectivity index (χ1v) is 9.27. The van der Waals surface area contributed by atoms with Crippen LogP contribution in [-0.2, 0) is 0 Å². The van der Waals surface area contributed by atoms with Crippen LogP contribution in [-0.4, -0.2) is 11.2 Å². The molecule has 0 heterocycles. The number of aliphatic hydroxyl groups is 1. The molecule has 1 fully saturated rings. The Kier molecular flexibility index (Phi) is 9.59. The van der Waals surface area contributed by atoms with Crippen molar-refractivity contribution in [3.8, 4) is 0 Å². The molecule has 3 atom stereocenters. The van der Waals surface area contributed by atoms with Crippen LogP contribution in [0.4, 0.5) is 0 Å². The standard InChI is InChI=1S/C19H38O/c1-16(2)11-9-7-5-4-6-8-10-12-18-13-14-19(20)17(3)15-18/h16-20H,4-15H2,1-3H3. The lowest BCUT2D eigenvalue weighted by molar-refractivity contribution is 0.0548. The molecular weight excluding hydrogens is 244 g/mol. The fourth-order valence-electron chi connectivity index (χ4n) is 3.62. The molecule has 3 unspecified atom stereocenters. The first-order valence-electron chi connectivity index (χ1n) is 9.27. The highest BCUT2D eigenvalue weighted by Crippen LogP contribution is 2.32. The molecule has 0 saturated heterocycles. The van der Waals surface area contributed by atoms with Gasteiger partial charge >= 0.3 is 0 Å². The molecule has 0 amide bonds. The average Bonchev–Trinajstić information content (AvgIpc) is 2.40. The van der Waals surface area contributed by atoms with Crippen molar-refractivity contribution >= 4 is 0 Å². The molecule has 1 nitrogen and oxygen atoms in total. The summed E-state index contributed by atoms with van der Waals surface area (Å²) in [5, 5.41) is 9.74. The second-order valence-electron chi connectivity index (χ2n) is 7.67. The van der Waals surface area contributed by atoms with Gasteiger partial charge < -0.3 is 5.11 Å². The summed E-state index contributed by atoms with van der Waals surface area (Å²) in [4.78, 5) is 0. The minimum atomic E-state index is -0.0166. The average molecular weight is 283 g/mol. The van der Waals surface area contributed by atoms with Gasteiger partial charge in [-0.3, -0.25) is 0 Å². The zero-order valence-electron chi connectivity index (χ0n) is 14.2. The molecule has 0 radical (unpaired) electrons. The predicted octanol–water partition coefficient (Wildman–Crippen LogP) is 5.95. The summed E-state index contributed by atoms with van der Waals surface area (Å²) in [7, 11) is 0. The Morgan fingerprint density at radius 3 is 2.10 bits per heavy atom. The number of rotatable bonds is 10. The molecule has 1 aliphatic carbocycles. The van der Waals surface area contributed by atoms with E-state index >= 15 is 0 Å². The molecular formula is C19H38O. The van der Waals surface area contributed by atoms with E-state index in [4.69, 9.17) is 0 Å². The first-order chi connectivity index (χ1) is 9.59. The highest BCUT2D eigenvalue weighted by Gasteiger charge is 2.25. The molecule has 1 N–H and O–H groups in total. The molecule has 1 aliphatic rings. The number of unbranched alkanes of at least 4 members (excludes halogenated alkanes) is 6. The van der Waals surface area contributed by atoms with Crippen molar-refractivity contribution in [3.05, 3.63) is 0 Å². The molecule has 20 heavy (non-hydrogen) atoms. The summed E-state index contributed by atoms with van der Waals surface area (Å²) in [5.41, 5.74) is 0. The molecule has 0 aromatic rings. The molecule has 0 aromatic heterocycles. The number of hydrogen-bond donors (Lipinski definition) is 1. The number of aliphatic hydroxyl groups excluding tert-OH is 1. The maximum atomic E-state index is 9.74. The maximum Gasteiger partial charge on any atom is 0.0566 e. The molecule has 0 bridgehead atoms. The topological polar surface area (TPSA) is 20.2 Å². The summed E-state index contributed by atoms with van der Waals surface area (Å²) in [5.74, 6) is 2.32. The van der Waals surface area contributed by atoms with Crippen LogP contribution in [0.5, 0.6) is 0 Å². The van der Waals surface area contributed by atoms with Crippen molar-refractivity contribution in [2.24, 2.45) is 17.8 Å². The summed E-state index contributed by atoms with van der Waals surface area (Å²) >= 11 is 0. The van der Waals surface area contributed by atoms with E-state index in [0.717, 1.165) is 18.3 Å². The summed E-state index contributed by atoms with van der Waals surface area (Å²) in [6, 6.07) is 0. The SMILES string of the molecule is CC(C)CCCCCCCCCC1CCC(O)C(C)C1. The summed E-state index contributed by atoms with van der Waals surface area (Å²) < 4.78 is 0. The zero-order chi connectivity index (χ0) is 14.8. The van der Waals surface area contributed by atoms with Crippen molar-refractivity contribution in [1.82, 2.24) is 0 Å². The minimum absolute atomic E-state index is 0.0166. The zero-order valence-corrected chi connectivity index (χ0v) is 14.2. The van der Waals surface area contributed by atoms with Crippen LogP contribution in [0.1, 0.15) is 97.8 Å². The van der Waals surface area contributed by atoms with E-state index in [-0.39, 0.29) is 6.10 Å². The molecule has 1 heteroatoms. The Bertz CT molecular complexity index is 224. The van der Waals surface area contributed by atoms with E-state index < -0.39 is 0 Å². The lowest BCUT2D eigenvalue weighted by Crippen LogP contribution is -2.26. The van der Waals surface area contributed by atoms with E-state index in [1.165, 1.54) is 70.6 Å². The first kappa shape index (κ1) is 18.0. The van der Waals surface area contributed by atoms with E-state index in [1.807, 2.05) is 0 Å². The normalized spacial score (nSPS) is 27.1. The Morgan fingerprint density at radius 2 is 1.50 bits per heavy atom. The van der Waals surface area contributed by atoms with Crippen LogP contribution in [0.15, 0.2) is 0 Å². The van der Waals surface area contributed by atoms with Crippen LogP contribution < -0.4 is 0 Å². The van der Waals surface area contributed by atoms with Crippen LogP contribution in [0.3, 0.4) is 0 Å². The molecule has 0 aliphatic heterocycles. The monoisotopic (exact) mass is 282 g/mol. The summed E-state index contributed by atoms with van der Waals surface area (Å²) in [6.07, 6.45) is 16.4. The van der Waals surface area contributed by atoms with Gasteiger partial charge in [0.25, 0.3) is 0 Å². The summed E-state index contributed by atoms with van der Waals surface area (Å²) in [6.45, 7) is 6.87. The van der Waals surface area contributed by atoms with Crippen molar-refractivity contribution in [3.63, 3.8) is 0 Å². The van der Waals surface area contributed by atoms with Gasteiger partial charge in [-0.15, -0.1) is 0 Å². The van der Waals surface area contributed by atoms with Crippen molar-refractivity contribution < 1.29 is 5.11 Å². The van der Waals surface area contributed by atoms with Gasteiger partial charge in [-0.2, -0.15) is 0 Å². The Balaban J connectivity index is 1.85. The quantitative estimate of drug-likeness (QED) is 0.491. The lowest BCUT2D eigenvalue weighted by Gasteiger charge is -2.31. The van der Waals surface area contributed by atoms with E-state index in [2.05, 4.69) is 20.8 Å². The molecule has 1 saturated carbocycles. The van der Waals surface area contributed by atoms with E-state index in [0.29, 0.717) is 5.92 Å². The predicted molar refractivity (Wildman–Crippen MR) is 88.9 cm³/mol. The third kappa shape index (κ3) is 8.29. The van der Waals surface area contributed by atoms with Gasteiger partial charge in [0, 0.05) is 0 Å². The third-order valence-electron chi connectivity index (χ3n) is 5.13. The fraction of sp³-hybridized carbons (Fsp3) is 1.00. The third-order valence-corrected chi connectivity index (χ3v) is 5.13. The molecule has 1 rings (SSSR count). The van der Waals surface area contributed by atoms with Gasteiger partial charge in [-0.1, -0.05) is 78.6 Å². The smallest absolute Gasteiger partial charge is 0.0566 e. The van der Waals surface area contributed by atoms with Gasteiger partial charge in [-0.05, 0) is 37.0 Å². The molecule has 120 valence electrons. The van der Waals surface area contributed by atoms with E-state index in [9.17, 15) is 5.11 Å². The van der Waals surface area contributed by atoms with Crippen LogP contribution in [0.25, 0.3) is 0 Å². The van der Waals surface area contributed by atoms with Gasteiger partial charge in [0.2, 0.25) is 0 Å². The van der Waals surface area contributed by atoms with Crippen LogP contribution in [0.2, 0.25) is 0 Å². The molecule has 0 spiro atoms. The highest BCUT2D eigenvalue weighted by molar-refractivity contribution is 4.76. The van der Waals surface area contributed by atoms with Crippen LogP contribution in [0, 0.1) is 17.8 Å². The minimum Gasteiger partial charge on any atom is -0.393 e. The second kappa shape index (κ2) is 10.7. The maximum absolute atomic E-state index is 9.74. The Morgan fingerprint density at radius 1 is 0.900 bits per heavy atom. The largest absolute Gasteiger partial charge is 0.393 e. The van der Waals surface area contributed by atoms with Crippen LogP contribution >= 0.6 is 0 Å². The highest BCUT2D eigenvalue weighted by atomic mass is 16.3. The van der Waals surface area contributed by atoms with Crippen molar-refractivity contribution in [2.45, 2.75) is 104 Å². The van der Waals surface area contributed by atoms with Gasteiger partial charge in [0.15, 0.2) is 0 Å². The fourth-order valence-corrected chi connectivity index (χ4v) is 3.62. The lowest BCUT2D eigenvalue weighted by atomic mass is 9.78. The van der Waals surface area contributed by atoms with Gasteiger partial charge in [-0.25, -0.2) is 0 Å².